The number of para-hydroxylation sites is 1. The van der Waals surface area contributed by atoms with Crippen molar-refractivity contribution >= 4 is 33.2 Å². The molecule has 0 unspecified atom stereocenters. The van der Waals surface area contributed by atoms with Gasteiger partial charge in [-0.25, -0.2) is 13.4 Å². The first kappa shape index (κ1) is 18.2. The van der Waals surface area contributed by atoms with E-state index in [4.69, 9.17) is 0 Å². The van der Waals surface area contributed by atoms with Crippen LogP contribution in [-0.4, -0.2) is 36.4 Å². The largest absolute Gasteiger partial charge is 0.321 e. The van der Waals surface area contributed by atoms with Crippen LogP contribution in [-0.2, 0) is 9.84 Å². The molecule has 134 valence electrons. The van der Waals surface area contributed by atoms with Crippen molar-refractivity contribution in [2.75, 3.05) is 17.8 Å². The number of hydrogen-bond donors (Lipinski definition) is 1. The summed E-state index contributed by atoms with van der Waals surface area (Å²) in [7, 11) is -3.35. The summed E-state index contributed by atoms with van der Waals surface area (Å²) in [6.07, 6.45) is 4.52. The fourth-order valence-electron chi connectivity index (χ4n) is 2.47. The number of imidazole rings is 1. The van der Waals surface area contributed by atoms with Crippen LogP contribution in [0.2, 0.25) is 0 Å². The van der Waals surface area contributed by atoms with Crippen LogP contribution in [0.3, 0.4) is 0 Å². The Morgan fingerprint density at radius 1 is 1.12 bits per heavy atom. The zero-order chi connectivity index (χ0) is 18.7. The molecule has 6 nitrogen and oxygen atoms in total. The van der Waals surface area contributed by atoms with Gasteiger partial charge in [0, 0.05) is 17.6 Å². The number of sulfone groups is 1. The zero-order valence-corrected chi connectivity index (χ0v) is 15.8. The van der Waals surface area contributed by atoms with Crippen LogP contribution >= 0.6 is 11.8 Å². The van der Waals surface area contributed by atoms with Crippen LogP contribution in [0.15, 0.2) is 70.8 Å². The van der Waals surface area contributed by atoms with Gasteiger partial charge in [-0.2, -0.15) is 0 Å². The molecular formula is C18H17N3O3S2. The van der Waals surface area contributed by atoms with Crippen LogP contribution in [0.5, 0.6) is 0 Å². The highest BCUT2D eigenvalue weighted by Crippen LogP contribution is 2.23. The maximum Gasteiger partial charge on any atom is 0.274 e. The SMILES string of the molecule is CSc1ncc(C(=O)Nc2cccc(S(C)(=O)=O)c2)n1-c1ccccc1. The van der Waals surface area contributed by atoms with E-state index in [0.717, 1.165) is 11.9 Å². The second-order valence-electron chi connectivity index (χ2n) is 5.56. The third-order valence-electron chi connectivity index (χ3n) is 3.68. The van der Waals surface area contributed by atoms with Gasteiger partial charge in [-0.15, -0.1) is 0 Å². The molecule has 0 saturated heterocycles. The molecule has 3 aromatic rings. The minimum Gasteiger partial charge on any atom is -0.321 e. The summed E-state index contributed by atoms with van der Waals surface area (Å²) in [4.78, 5) is 17.2. The number of amides is 1. The summed E-state index contributed by atoms with van der Waals surface area (Å²) in [6.45, 7) is 0. The summed E-state index contributed by atoms with van der Waals surface area (Å²) in [5.74, 6) is -0.368. The number of hydrogen-bond acceptors (Lipinski definition) is 5. The van der Waals surface area contributed by atoms with Gasteiger partial charge in [0.05, 0.1) is 11.1 Å². The summed E-state index contributed by atoms with van der Waals surface area (Å²) in [6, 6.07) is 15.6. The molecule has 2 aromatic carbocycles. The lowest BCUT2D eigenvalue weighted by atomic mass is 10.3. The average molecular weight is 387 g/mol. The Labute approximate surface area is 156 Å². The molecule has 0 fully saturated rings. The molecule has 26 heavy (non-hydrogen) atoms. The number of carbonyl (C=O) groups is 1. The third-order valence-corrected chi connectivity index (χ3v) is 5.44. The van der Waals surface area contributed by atoms with Gasteiger partial charge in [-0.1, -0.05) is 36.0 Å². The maximum atomic E-state index is 12.8. The van der Waals surface area contributed by atoms with Crippen LogP contribution in [0.1, 0.15) is 10.5 Å². The molecule has 8 heteroatoms. The van der Waals surface area contributed by atoms with Gasteiger partial charge < -0.3 is 5.32 Å². The van der Waals surface area contributed by atoms with Gasteiger partial charge in [0.15, 0.2) is 15.0 Å². The predicted octanol–water partition coefficient (Wildman–Crippen LogP) is 3.25. The monoisotopic (exact) mass is 387 g/mol. The van der Waals surface area contributed by atoms with Crippen molar-refractivity contribution in [1.29, 1.82) is 0 Å². The van der Waals surface area contributed by atoms with Gasteiger partial charge >= 0.3 is 0 Å². The van der Waals surface area contributed by atoms with Crippen molar-refractivity contribution in [3.8, 4) is 5.69 Å². The second kappa shape index (κ2) is 7.35. The zero-order valence-electron chi connectivity index (χ0n) is 14.2. The first-order valence-corrected chi connectivity index (χ1v) is 10.8. The summed E-state index contributed by atoms with van der Waals surface area (Å²) >= 11 is 1.43. The van der Waals surface area contributed by atoms with E-state index in [1.807, 2.05) is 36.6 Å². The molecule has 0 atom stereocenters. The minimum atomic E-state index is -3.35. The first-order chi connectivity index (χ1) is 12.4. The highest BCUT2D eigenvalue weighted by atomic mass is 32.2. The smallest absolute Gasteiger partial charge is 0.274 e. The van der Waals surface area contributed by atoms with E-state index < -0.39 is 9.84 Å². The number of thioether (sulfide) groups is 1. The van der Waals surface area contributed by atoms with E-state index in [2.05, 4.69) is 10.3 Å². The van der Waals surface area contributed by atoms with Crippen molar-refractivity contribution in [1.82, 2.24) is 9.55 Å². The highest BCUT2D eigenvalue weighted by molar-refractivity contribution is 7.98. The fourth-order valence-corrected chi connectivity index (χ4v) is 3.68. The van der Waals surface area contributed by atoms with Crippen LogP contribution in [0.25, 0.3) is 5.69 Å². The highest BCUT2D eigenvalue weighted by Gasteiger charge is 2.18. The van der Waals surface area contributed by atoms with Gasteiger partial charge in [-0.05, 0) is 36.6 Å². The Bertz CT molecular complexity index is 1040. The summed E-state index contributed by atoms with van der Waals surface area (Å²) < 4.78 is 25.1. The molecule has 0 aliphatic heterocycles. The van der Waals surface area contributed by atoms with E-state index in [1.165, 1.54) is 30.1 Å². The Morgan fingerprint density at radius 3 is 2.50 bits per heavy atom. The number of nitrogens with one attached hydrogen (secondary N) is 1. The molecule has 0 radical (unpaired) electrons. The average Bonchev–Trinajstić information content (AvgIpc) is 3.06. The predicted molar refractivity (Wildman–Crippen MR) is 103 cm³/mol. The van der Waals surface area contributed by atoms with Gasteiger partial charge in [-0.3, -0.25) is 9.36 Å². The molecule has 3 rings (SSSR count). The van der Waals surface area contributed by atoms with E-state index in [1.54, 1.807) is 16.7 Å². The Morgan fingerprint density at radius 2 is 1.85 bits per heavy atom. The number of carbonyl (C=O) groups excluding carboxylic acids is 1. The van der Waals surface area contributed by atoms with Crippen molar-refractivity contribution in [2.45, 2.75) is 10.1 Å². The fraction of sp³-hybridized carbons (Fsp3) is 0.111. The molecular weight excluding hydrogens is 370 g/mol. The number of nitrogens with zero attached hydrogens (tertiary/aromatic N) is 2. The number of anilines is 1. The second-order valence-corrected chi connectivity index (χ2v) is 8.34. The van der Waals surface area contributed by atoms with Crippen LogP contribution in [0.4, 0.5) is 5.69 Å². The van der Waals surface area contributed by atoms with E-state index in [9.17, 15) is 13.2 Å². The molecule has 1 heterocycles. The summed E-state index contributed by atoms with van der Waals surface area (Å²) in [5.41, 5.74) is 1.60. The maximum absolute atomic E-state index is 12.8. The lowest BCUT2D eigenvalue weighted by Crippen LogP contribution is -2.17. The van der Waals surface area contributed by atoms with Crippen LogP contribution in [0, 0.1) is 0 Å². The Kier molecular flexibility index (Phi) is 5.15. The number of benzene rings is 2. The van der Waals surface area contributed by atoms with Crippen molar-refractivity contribution in [3.63, 3.8) is 0 Å². The van der Waals surface area contributed by atoms with Crippen molar-refractivity contribution in [2.24, 2.45) is 0 Å². The Hall–Kier alpha value is -2.58. The van der Waals surface area contributed by atoms with Gasteiger partial charge in [0.25, 0.3) is 5.91 Å². The first-order valence-electron chi connectivity index (χ1n) is 7.69. The van der Waals surface area contributed by atoms with Crippen LogP contribution < -0.4 is 5.32 Å². The molecule has 0 aliphatic rings. The Balaban J connectivity index is 1.96. The lowest BCUT2D eigenvalue weighted by Gasteiger charge is -2.11. The topological polar surface area (TPSA) is 81.1 Å². The van der Waals surface area contributed by atoms with Crippen molar-refractivity contribution in [3.05, 3.63) is 66.5 Å². The third kappa shape index (κ3) is 3.81. The molecule has 0 bridgehead atoms. The van der Waals surface area contributed by atoms with E-state index >= 15 is 0 Å². The van der Waals surface area contributed by atoms with Crippen molar-refractivity contribution < 1.29 is 13.2 Å². The lowest BCUT2D eigenvalue weighted by molar-refractivity contribution is 0.102. The molecule has 1 amide bonds. The molecule has 0 aliphatic carbocycles. The molecule has 1 aromatic heterocycles. The molecule has 0 saturated carbocycles. The number of aromatic nitrogens is 2. The number of rotatable bonds is 5. The standard InChI is InChI=1S/C18H17N3O3S2/c1-25-18-19-12-16(21(18)14-8-4-3-5-9-14)17(22)20-13-7-6-10-15(11-13)26(2,23)24/h3-12H,1-2H3,(H,20,22). The van der Waals surface area contributed by atoms with Gasteiger partial charge in [0.2, 0.25) is 0 Å². The molecule has 0 spiro atoms. The quantitative estimate of drug-likeness (QED) is 0.680. The summed E-state index contributed by atoms with van der Waals surface area (Å²) in [5, 5.41) is 3.43. The minimum absolute atomic E-state index is 0.150. The molecule has 1 N–H and O–H groups in total. The van der Waals surface area contributed by atoms with E-state index in [0.29, 0.717) is 16.5 Å². The van der Waals surface area contributed by atoms with E-state index in [-0.39, 0.29) is 10.8 Å². The van der Waals surface area contributed by atoms with Gasteiger partial charge in [0.1, 0.15) is 5.69 Å². The normalized spacial score (nSPS) is 11.3.